The molecule has 0 aliphatic heterocycles. The van der Waals surface area contributed by atoms with Crippen LogP contribution < -0.4 is 5.73 Å². The molecule has 1 saturated carbocycles. The maximum Gasteiger partial charge on any atom is 0.152 e. The van der Waals surface area contributed by atoms with Crippen molar-refractivity contribution in [3.05, 3.63) is 0 Å². The van der Waals surface area contributed by atoms with Crippen LogP contribution in [0.4, 0.5) is 0 Å². The van der Waals surface area contributed by atoms with Gasteiger partial charge in [0.15, 0.2) is 5.78 Å². The van der Waals surface area contributed by atoms with Gasteiger partial charge in [-0.1, -0.05) is 19.8 Å². The average molecular weight is 141 g/mol. The summed E-state index contributed by atoms with van der Waals surface area (Å²) < 4.78 is 0. The molecule has 0 aromatic heterocycles. The average Bonchev–Trinajstić information content (AvgIpc) is 2.36. The smallest absolute Gasteiger partial charge is 0.152 e. The van der Waals surface area contributed by atoms with Crippen LogP contribution in [0.3, 0.4) is 0 Å². The molecule has 10 heavy (non-hydrogen) atoms. The minimum absolute atomic E-state index is 0.241. The molecule has 0 radical (unpaired) electrons. The van der Waals surface area contributed by atoms with E-state index in [-0.39, 0.29) is 5.78 Å². The molecule has 0 unspecified atom stereocenters. The van der Waals surface area contributed by atoms with E-state index in [1.807, 2.05) is 6.92 Å². The minimum atomic E-state index is -0.436. The van der Waals surface area contributed by atoms with Crippen molar-refractivity contribution in [2.75, 3.05) is 0 Å². The molecular weight excluding hydrogens is 126 g/mol. The summed E-state index contributed by atoms with van der Waals surface area (Å²) in [6.45, 7) is 1.88. The normalized spacial score (nSPS) is 23.0. The van der Waals surface area contributed by atoms with Gasteiger partial charge in [-0.05, 0) is 12.8 Å². The van der Waals surface area contributed by atoms with Gasteiger partial charge in [-0.2, -0.15) is 0 Å². The molecule has 0 aromatic carbocycles. The lowest BCUT2D eigenvalue weighted by molar-refractivity contribution is -0.123. The van der Waals surface area contributed by atoms with Crippen LogP contribution in [0.2, 0.25) is 0 Å². The molecule has 58 valence electrons. The Morgan fingerprint density at radius 3 is 2.40 bits per heavy atom. The van der Waals surface area contributed by atoms with E-state index in [4.69, 9.17) is 5.73 Å². The summed E-state index contributed by atoms with van der Waals surface area (Å²) in [5.74, 6) is 0.241. The first-order chi connectivity index (χ1) is 4.69. The molecule has 0 amide bonds. The molecule has 2 N–H and O–H groups in total. The first-order valence-electron chi connectivity index (χ1n) is 4.01. The topological polar surface area (TPSA) is 43.1 Å². The Morgan fingerprint density at radius 2 is 2.00 bits per heavy atom. The van der Waals surface area contributed by atoms with Gasteiger partial charge in [0.05, 0.1) is 5.54 Å². The van der Waals surface area contributed by atoms with Gasteiger partial charge in [0, 0.05) is 6.42 Å². The van der Waals surface area contributed by atoms with Crippen LogP contribution in [0.25, 0.3) is 0 Å². The predicted molar refractivity (Wildman–Crippen MR) is 40.7 cm³/mol. The molecule has 1 fully saturated rings. The number of hydrogen-bond acceptors (Lipinski definition) is 2. The van der Waals surface area contributed by atoms with Crippen molar-refractivity contribution in [3.63, 3.8) is 0 Å². The number of ketones is 1. The van der Waals surface area contributed by atoms with Crippen LogP contribution in [0.1, 0.15) is 39.0 Å². The van der Waals surface area contributed by atoms with Crippen LogP contribution >= 0.6 is 0 Å². The quantitative estimate of drug-likeness (QED) is 0.628. The first kappa shape index (κ1) is 7.73. The minimum Gasteiger partial charge on any atom is -0.319 e. The molecule has 0 saturated heterocycles. The standard InChI is InChI=1S/C8H15NO/c1-2-7(10)8(9)5-3-4-6-8/h2-6,9H2,1H3. The van der Waals surface area contributed by atoms with E-state index >= 15 is 0 Å². The molecule has 1 aliphatic rings. The lowest BCUT2D eigenvalue weighted by Gasteiger charge is -2.20. The maximum absolute atomic E-state index is 11.2. The lowest BCUT2D eigenvalue weighted by atomic mass is 9.92. The van der Waals surface area contributed by atoms with Crippen LogP contribution in [0.5, 0.6) is 0 Å². The summed E-state index contributed by atoms with van der Waals surface area (Å²) in [4.78, 5) is 11.2. The monoisotopic (exact) mass is 141 g/mol. The van der Waals surface area contributed by atoms with E-state index in [1.54, 1.807) is 0 Å². The molecular formula is C8H15NO. The Hall–Kier alpha value is -0.370. The van der Waals surface area contributed by atoms with Crippen molar-refractivity contribution in [2.45, 2.75) is 44.6 Å². The number of Topliss-reactive ketones (excluding diaryl/α,β-unsaturated/α-hetero) is 1. The van der Waals surface area contributed by atoms with Crippen molar-refractivity contribution in [2.24, 2.45) is 5.73 Å². The van der Waals surface area contributed by atoms with E-state index in [0.717, 1.165) is 25.7 Å². The highest BCUT2D eigenvalue weighted by Gasteiger charge is 2.34. The number of carbonyl (C=O) groups is 1. The number of nitrogens with two attached hydrogens (primary N) is 1. The van der Waals surface area contributed by atoms with Gasteiger partial charge in [-0.3, -0.25) is 4.79 Å². The fourth-order valence-electron chi connectivity index (χ4n) is 1.64. The van der Waals surface area contributed by atoms with E-state index in [0.29, 0.717) is 6.42 Å². The van der Waals surface area contributed by atoms with Crippen molar-refractivity contribution in [1.29, 1.82) is 0 Å². The van der Waals surface area contributed by atoms with Gasteiger partial charge in [-0.15, -0.1) is 0 Å². The first-order valence-corrected chi connectivity index (χ1v) is 4.01. The van der Waals surface area contributed by atoms with Crippen LogP contribution in [-0.2, 0) is 4.79 Å². The molecule has 0 aromatic rings. The summed E-state index contributed by atoms with van der Waals surface area (Å²) in [6.07, 6.45) is 4.65. The molecule has 0 spiro atoms. The van der Waals surface area contributed by atoms with Gasteiger partial charge in [-0.25, -0.2) is 0 Å². The highest BCUT2D eigenvalue weighted by Crippen LogP contribution is 2.28. The van der Waals surface area contributed by atoms with Crippen molar-refractivity contribution in [1.82, 2.24) is 0 Å². The SMILES string of the molecule is CCC(=O)C1(N)CCCC1. The number of carbonyl (C=O) groups excluding carboxylic acids is 1. The molecule has 0 atom stereocenters. The van der Waals surface area contributed by atoms with Gasteiger partial charge in [0.25, 0.3) is 0 Å². The second-order valence-corrected chi connectivity index (χ2v) is 3.14. The third kappa shape index (κ3) is 1.21. The Bertz CT molecular complexity index is 136. The molecule has 0 heterocycles. The fraction of sp³-hybridized carbons (Fsp3) is 0.875. The van der Waals surface area contributed by atoms with Gasteiger partial charge in [0.1, 0.15) is 0 Å². The van der Waals surface area contributed by atoms with Crippen LogP contribution in [0, 0.1) is 0 Å². The highest BCUT2D eigenvalue weighted by atomic mass is 16.1. The van der Waals surface area contributed by atoms with E-state index < -0.39 is 5.54 Å². The van der Waals surface area contributed by atoms with Gasteiger partial charge < -0.3 is 5.73 Å². The molecule has 2 heteroatoms. The predicted octanol–water partition coefficient (Wildman–Crippen LogP) is 1.24. The highest BCUT2D eigenvalue weighted by molar-refractivity contribution is 5.88. The molecule has 0 bridgehead atoms. The number of hydrogen-bond donors (Lipinski definition) is 1. The molecule has 1 rings (SSSR count). The van der Waals surface area contributed by atoms with Gasteiger partial charge >= 0.3 is 0 Å². The maximum atomic E-state index is 11.2. The summed E-state index contributed by atoms with van der Waals surface area (Å²) in [6, 6.07) is 0. The van der Waals surface area contributed by atoms with Crippen LogP contribution in [0.15, 0.2) is 0 Å². The van der Waals surface area contributed by atoms with Crippen LogP contribution in [-0.4, -0.2) is 11.3 Å². The van der Waals surface area contributed by atoms with E-state index in [9.17, 15) is 4.79 Å². The Labute approximate surface area is 61.8 Å². The Balaban J connectivity index is 2.58. The largest absolute Gasteiger partial charge is 0.319 e. The second kappa shape index (κ2) is 2.70. The number of rotatable bonds is 2. The summed E-state index contributed by atoms with van der Waals surface area (Å²) in [5.41, 5.74) is 5.43. The third-order valence-electron chi connectivity index (χ3n) is 2.37. The third-order valence-corrected chi connectivity index (χ3v) is 2.37. The summed E-state index contributed by atoms with van der Waals surface area (Å²) in [7, 11) is 0. The van der Waals surface area contributed by atoms with Crippen molar-refractivity contribution < 1.29 is 4.79 Å². The van der Waals surface area contributed by atoms with Crippen molar-refractivity contribution in [3.8, 4) is 0 Å². The Morgan fingerprint density at radius 1 is 1.50 bits per heavy atom. The second-order valence-electron chi connectivity index (χ2n) is 3.14. The summed E-state index contributed by atoms with van der Waals surface area (Å²) >= 11 is 0. The zero-order valence-electron chi connectivity index (χ0n) is 6.52. The Kier molecular flexibility index (Phi) is 2.09. The fourth-order valence-corrected chi connectivity index (χ4v) is 1.64. The van der Waals surface area contributed by atoms with E-state index in [1.165, 1.54) is 0 Å². The summed E-state index contributed by atoms with van der Waals surface area (Å²) in [5, 5.41) is 0. The van der Waals surface area contributed by atoms with Gasteiger partial charge in [0.2, 0.25) is 0 Å². The zero-order valence-corrected chi connectivity index (χ0v) is 6.52. The molecule has 2 nitrogen and oxygen atoms in total. The van der Waals surface area contributed by atoms with E-state index in [2.05, 4.69) is 0 Å². The zero-order chi connectivity index (χ0) is 7.61. The molecule has 1 aliphatic carbocycles. The van der Waals surface area contributed by atoms with Crippen molar-refractivity contribution >= 4 is 5.78 Å². The lowest BCUT2D eigenvalue weighted by Crippen LogP contribution is -2.44.